The summed E-state index contributed by atoms with van der Waals surface area (Å²) in [5, 5.41) is 13.2. The second kappa shape index (κ2) is 10.5. The van der Waals surface area contributed by atoms with Gasteiger partial charge >= 0.3 is 6.18 Å². The van der Waals surface area contributed by atoms with Gasteiger partial charge in [-0.15, -0.1) is 0 Å². The van der Waals surface area contributed by atoms with Crippen LogP contribution in [0.4, 0.5) is 18.9 Å². The molecule has 1 saturated carbocycles. The number of halogens is 3. The average Bonchev–Trinajstić information content (AvgIpc) is 2.90. The first-order valence-electron chi connectivity index (χ1n) is 12.1. The molecule has 1 amide bonds. The number of aromatic nitrogens is 1. The molecule has 0 radical (unpaired) electrons. The van der Waals surface area contributed by atoms with Gasteiger partial charge in [-0.25, -0.2) is 0 Å². The molecule has 1 aliphatic carbocycles. The van der Waals surface area contributed by atoms with E-state index in [9.17, 15) is 32.7 Å². The van der Waals surface area contributed by atoms with Crippen molar-refractivity contribution in [3.8, 4) is 0 Å². The molecule has 1 aromatic heterocycles. The second-order valence-corrected chi connectivity index (χ2v) is 9.80. The van der Waals surface area contributed by atoms with E-state index in [1.165, 1.54) is 18.2 Å². The van der Waals surface area contributed by atoms with Crippen molar-refractivity contribution >= 4 is 24.2 Å². The van der Waals surface area contributed by atoms with Crippen LogP contribution in [-0.4, -0.2) is 40.3 Å². The van der Waals surface area contributed by atoms with Crippen molar-refractivity contribution in [1.82, 2.24) is 4.98 Å². The van der Waals surface area contributed by atoms with Gasteiger partial charge in [-0.2, -0.15) is 13.2 Å². The molecule has 2 N–H and O–H groups in total. The molecule has 1 aliphatic rings. The van der Waals surface area contributed by atoms with Crippen LogP contribution in [0.1, 0.15) is 56.8 Å². The van der Waals surface area contributed by atoms with Crippen molar-refractivity contribution in [3.05, 3.63) is 94.8 Å². The molecule has 9 heteroatoms. The number of alkyl halides is 3. The zero-order valence-corrected chi connectivity index (χ0v) is 20.7. The molecular formula is C29H27F3N2O4. The van der Waals surface area contributed by atoms with E-state index < -0.39 is 41.9 Å². The number of anilines is 1. The Morgan fingerprint density at radius 1 is 1.11 bits per heavy atom. The van der Waals surface area contributed by atoms with Crippen LogP contribution in [0.3, 0.4) is 0 Å². The molecule has 3 unspecified atom stereocenters. The minimum absolute atomic E-state index is 0.0980. The lowest BCUT2D eigenvalue weighted by Gasteiger charge is -2.49. The first kappa shape index (κ1) is 27.2. The van der Waals surface area contributed by atoms with Gasteiger partial charge < -0.3 is 15.2 Å². The number of rotatable bonds is 7. The highest BCUT2D eigenvalue weighted by Crippen LogP contribution is 2.53. The molecule has 1 heterocycles. The summed E-state index contributed by atoms with van der Waals surface area (Å²) < 4.78 is 41.2. The zero-order chi connectivity index (χ0) is 27.6. The SMILES string of the molecule is Cc1ncccc1NC(=O)c1ccc(C2(Cc3ccccc3)CCC(O)(C(F)(F)F)CC2C=O)c(C=O)c1. The summed E-state index contributed by atoms with van der Waals surface area (Å²) in [5.74, 6) is -1.73. The van der Waals surface area contributed by atoms with Crippen molar-refractivity contribution in [2.45, 2.75) is 49.8 Å². The highest BCUT2D eigenvalue weighted by Gasteiger charge is 2.61. The number of hydrogen-bond donors (Lipinski definition) is 2. The van der Waals surface area contributed by atoms with Crippen LogP contribution >= 0.6 is 0 Å². The summed E-state index contributed by atoms with van der Waals surface area (Å²) in [6, 6.07) is 16.7. The Morgan fingerprint density at radius 2 is 1.84 bits per heavy atom. The molecule has 0 saturated heterocycles. The van der Waals surface area contributed by atoms with E-state index in [0.29, 0.717) is 29.5 Å². The van der Waals surface area contributed by atoms with Crippen molar-refractivity contribution in [2.75, 3.05) is 5.32 Å². The Kier molecular flexibility index (Phi) is 7.51. The summed E-state index contributed by atoms with van der Waals surface area (Å²) in [6.07, 6.45) is -3.81. The Bertz CT molecular complexity index is 1350. The predicted octanol–water partition coefficient (Wildman–Crippen LogP) is 5.23. The standard InChI is InChI=1S/C29H27F3N2O4/c1-19-25(8-5-13-33-19)34-26(37)21-9-10-24(22(14-21)17-35)27(15-20-6-3-2-4-7-20)11-12-28(38,29(30,31)32)16-23(27)18-36/h2-10,13-14,17-18,23,38H,11-12,15-16H2,1H3,(H,34,37). The van der Waals surface area contributed by atoms with Gasteiger partial charge in [0.2, 0.25) is 0 Å². The van der Waals surface area contributed by atoms with Gasteiger partial charge in [0.1, 0.15) is 12.6 Å². The fourth-order valence-corrected chi connectivity index (χ4v) is 5.39. The van der Waals surface area contributed by atoms with Crippen LogP contribution in [0.2, 0.25) is 0 Å². The Labute approximate surface area is 217 Å². The molecule has 3 atom stereocenters. The van der Waals surface area contributed by atoms with E-state index in [4.69, 9.17) is 0 Å². The maximum atomic E-state index is 13.7. The summed E-state index contributed by atoms with van der Waals surface area (Å²) in [7, 11) is 0. The van der Waals surface area contributed by atoms with Crippen LogP contribution < -0.4 is 5.32 Å². The number of amides is 1. The van der Waals surface area contributed by atoms with Crippen LogP contribution in [-0.2, 0) is 16.6 Å². The number of aryl methyl sites for hydroxylation is 1. The lowest BCUT2D eigenvalue weighted by Crippen LogP contribution is -2.56. The van der Waals surface area contributed by atoms with E-state index in [1.807, 2.05) is 0 Å². The van der Waals surface area contributed by atoms with E-state index in [0.717, 1.165) is 5.56 Å². The minimum atomic E-state index is -4.91. The smallest absolute Gasteiger partial charge is 0.380 e. The predicted molar refractivity (Wildman–Crippen MR) is 135 cm³/mol. The van der Waals surface area contributed by atoms with Crippen LogP contribution in [0.15, 0.2) is 66.9 Å². The third-order valence-corrected chi connectivity index (χ3v) is 7.54. The topological polar surface area (TPSA) is 96.4 Å². The maximum absolute atomic E-state index is 13.7. The lowest BCUT2D eigenvalue weighted by molar-refractivity contribution is -0.277. The number of carbonyl (C=O) groups excluding carboxylic acids is 3. The first-order chi connectivity index (χ1) is 18.0. The van der Waals surface area contributed by atoms with Crippen molar-refractivity contribution in [2.24, 2.45) is 5.92 Å². The summed E-state index contributed by atoms with van der Waals surface area (Å²) in [4.78, 5) is 41.7. The fourth-order valence-electron chi connectivity index (χ4n) is 5.39. The van der Waals surface area contributed by atoms with Gasteiger partial charge in [-0.1, -0.05) is 36.4 Å². The van der Waals surface area contributed by atoms with Gasteiger partial charge in [0.15, 0.2) is 5.60 Å². The van der Waals surface area contributed by atoms with E-state index in [-0.39, 0.29) is 24.0 Å². The number of pyridine rings is 1. The largest absolute Gasteiger partial charge is 0.417 e. The fraction of sp³-hybridized carbons (Fsp3) is 0.310. The number of hydrogen-bond acceptors (Lipinski definition) is 5. The average molecular weight is 525 g/mol. The molecule has 3 aromatic rings. The maximum Gasteiger partial charge on any atom is 0.417 e. The number of carbonyl (C=O) groups is 3. The zero-order valence-electron chi connectivity index (χ0n) is 20.7. The van der Waals surface area contributed by atoms with Crippen LogP contribution in [0.5, 0.6) is 0 Å². The summed E-state index contributed by atoms with van der Waals surface area (Å²) in [5.41, 5.74) is -1.72. The molecule has 4 rings (SSSR count). The first-order valence-corrected chi connectivity index (χ1v) is 12.1. The minimum Gasteiger partial charge on any atom is -0.380 e. The Balaban J connectivity index is 1.78. The lowest BCUT2D eigenvalue weighted by atomic mass is 9.56. The van der Waals surface area contributed by atoms with Gasteiger partial charge in [0.05, 0.1) is 11.4 Å². The highest BCUT2D eigenvalue weighted by molar-refractivity contribution is 6.05. The second-order valence-electron chi connectivity index (χ2n) is 9.80. The molecule has 1 fully saturated rings. The normalized spacial score (nSPS) is 23.4. The van der Waals surface area contributed by atoms with Crippen molar-refractivity contribution in [1.29, 1.82) is 0 Å². The van der Waals surface area contributed by atoms with Gasteiger partial charge in [-0.3, -0.25) is 14.6 Å². The van der Waals surface area contributed by atoms with E-state index in [1.54, 1.807) is 55.6 Å². The molecular weight excluding hydrogens is 497 g/mol. The number of nitrogens with zero attached hydrogens (tertiary/aromatic N) is 1. The monoisotopic (exact) mass is 524 g/mol. The number of nitrogens with one attached hydrogen (secondary N) is 1. The van der Waals surface area contributed by atoms with Gasteiger partial charge in [0.25, 0.3) is 5.91 Å². The van der Waals surface area contributed by atoms with Crippen molar-refractivity contribution < 1.29 is 32.7 Å². The molecule has 0 bridgehead atoms. The van der Waals surface area contributed by atoms with Gasteiger partial charge in [-0.05, 0) is 68.0 Å². The highest BCUT2D eigenvalue weighted by atomic mass is 19.4. The Morgan fingerprint density at radius 3 is 2.47 bits per heavy atom. The molecule has 198 valence electrons. The van der Waals surface area contributed by atoms with Crippen molar-refractivity contribution in [3.63, 3.8) is 0 Å². The summed E-state index contributed by atoms with van der Waals surface area (Å²) in [6.45, 7) is 1.73. The number of aliphatic hydroxyl groups is 1. The molecule has 2 aromatic carbocycles. The number of aldehydes is 2. The van der Waals surface area contributed by atoms with Crippen LogP contribution in [0, 0.1) is 12.8 Å². The number of benzene rings is 2. The van der Waals surface area contributed by atoms with E-state index >= 15 is 0 Å². The molecule has 6 nitrogen and oxygen atoms in total. The molecule has 38 heavy (non-hydrogen) atoms. The molecule has 0 aliphatic heterocycles. The molecule has 0 spiro atoms. The Hall–Kier alpha value is -3.85. The van der Waals surface area contributed by atoms with Crippen LogP contribution in [0.25, 0.3) is 0 Å². The van der Waals surface area contributed by atoms with E-state index in [2.05, 4.69) is 10.3 Å². The third kappa shape index (κ3) is 5.11. The third-order valence-electron chi connectivity index (χ3n) is 7.54. The summed E-state index contributed by atoms with van der Waals surface area (Å²) >= 11 is 0. The van der Waals surface area contributed by atoms with Gasteiger partial charge in [0, 0.05) is 28.7 Å². The quantitative estimate of drug-likeness (QED) is 0.413.